The zero-order valence-electron chi connectivity index (χ0n) is 22.1. The van der Waals surface area contributed by atoms with Crippen LogP contribution in [0.1, 0.15) is 53.0 Å². The normalized spacial score (nSPS) is 17.3. The van der Waals surface area contributed by atoms with Crippen molar-refractivity contribution in [3.05, 3.63) is 116 Å². The van der Waals surface area contributed by atoms with Crippen molar-refractivity contribution in [2.45, 2.75) is 52.6 Å². The molecule has 5 nitrogen and oxygen atoms in total. The Morgan fingerprint density at radius 1 is 1.05 bits per heavy atom. The molecule has 7 heteroatoms. The van der Waals surface area contributed by atoms with Crippen molar-refractivity contribution in [1.82, 2.24) is 0 Å². The molecule has 198 valence electrons. The number of halogens is 2. The molecule has 0 spiro atoms. The zero-order chi connectivity index (χ0) is 27.8. The average Bonchev–Trinajstić information content (AvgIpc) is 2.89. The summed E-state index contributed by atoms with van der Waals surface area (Å²) in [6.45, 7) is 6.27. The smallest absolute Gasteiger partial charge is 0.161 e. The molecule has 1 heterocycles. The highest BCUT2D eigenvalue weighted by Gasteiger charge is 2.41. The fraction of sp³-hybridized carbons (Fsp3) is 0.250. The van der Waals surface area contributed by atoms with Crippen LogP contribution in [-0.2, 0) is 11.4 Å². The van der Waals surface area contributed by atoms with Crippen LogP contribution < -0.4 is 15.4 Å². The number of nitrogens with two attached hydrogens (primary N) is 1. The molecule has 5 rings (SSSR count). The molecule has 1 unspecified atom stereocenters. The highest BCUT2D eigenvalue weighted by atomic mass is 35.5. The molecule has 0 saturated carbocycles. The average molecular weight is 542 g/mol. The van der Waals surface area contributed by atoms with Crippen molar-refractivity contribution in [2.75, 3.05) is 4.90 Å². The number of aryl methyl sites for hydroxylation is 3. The number of nitrogens with zero attached hydrogens (tertiary/aromatic N) is 2. The Kier molecular flexibility index (Phi) is 7.20. The standard InChI is InChI=1S/C32H29ClFN3O2/c1-18-13-19(2)25(15-21(18)17-39-29-12-7-22(33)14-20(29)3)30-26(16-35)32(36)37(24-10-8-23(34)9-11-24)27-5-4-6-28(38)31(27)30/h7-15,30H,4-6,17,36H2,1-3H3. The number of rotatable bonds is 5. The van der Waals surface area contributed by atoms with Crippen LogP contribution in [0.3, 0.4) is 0 Å². The summed E-state index contributed by atoms with van der Waals surface area (Å²) in [7, 11) is 0. The lowest BCUT2D eigenvalue weighted by Crippen LogP contribution is -2.39. The molecule has 0 saturated heterocycles. The lowest BCUT2D eigenvalue weighted by molar-refractivity contribution is -0.116. The van der Waals surface area contributed by atoms with Gasteiger partial charge in [-0.3, -0.25) is 9.69 Å². The van der Waals surface area contributed by atoms with Gasteiger partial charge in [0.05, 0.1) is 17.6 Å². The SMILES string of the molecule is Cc1cc(C)c(C2C(C#N)=C(N)N(c3ccc(F)cc3)C3=C2C(=O)CCC3)cc1COc1ccc(Cl)cc1C. The number of carbonyl (C=O) groups is 1. The second-order valence-electron chi connectivity index (χ2n) is 10.1. The lowest BCUT2D eigenvalue weighted by Gasteiger charge is -2.40. The number of carbonyl (C=O) groups excluding carboxylic acids is 1. The summed E-state index contributed by atoms with van der Waals surface area (Å²) in [5, 5.41) is 11.0. The van der Waals surface area contributed by atoms with E-state index in [1.54, 1.807) is 23.1 Å². The molecular weight excluding hydrogens is 513 g/mol. The number of ketones is 1. The van der Waals surface area contributed by atoms with Crippen LogP contribution in [0.2, 0.25) is 5.02 Å². The molecule has 1 aliphatic carbocycles. The first kappa shape index (κ1) is 26.5. The summed E-state index contributed by atoms with van der Waals surface area (Å²) in [6.07, 6.45) is 1.72. The van der Waals surface area contributed by atoms with Gasteiger partial charge in [-0.1, -0.05) is 23.7 Å². The quantitative estimate of drug-likeness (QED) is 0.367. The van der Waals surface area contributed by atoms with Crippen molar-refractivity contribution < 1.29 is 13.9 Å². The lowest BCUT2D eigenvalue weighted by atomic mass is 9.74. The van der Waals surface area contributed by atoms with Crippen LogP contribution in [0.15, 0.2) is 77.3 Å². The number of hydrogen-bond donors (Lipinski definition) is 1. The molecule has 2 N–H and O–H groups in total. The number of hydrogen-bond acceptors (Lipinski definition) is 5. The number of anilines is 1. The van der Waals surface area contributed by atoms with Gasteiger partial charge >= 0.3 is 0 Å². The number of benzene rings is 3. The van der Waals surface area contributed by atoms with Gasteiger partial charge in [0.1, 0.15) is 24.0 Å². The monoisotopic (exact) mass is 541 g/mol. The molecule has 2 aliphatic rings. The highest BCUT2D eigenvalue weighted by molar-refractivity contribution is 6.30. The molecule has 39 heavy (non-hydrogen) atoms. The second-order valence-corrected chi connectivity index (χ2v) is 10.6. The van der Waals surface area contributed by atoms with Crippen molar-refractivity contribution in [3.8, 4) is 11.8 Å². The minimum absolute atomic E-state index is 0.00294. The van der Waals surface area contributed by atoms with Gasteiger partial charge in [-0.2, -0.15) is 5.26 Å². The predicted octanol–water partition coefficient (Wildman–Crippen LogP) is 7.29. The van der Waals surface area contributed by atoms with E-state index in [2.05, 4.69) is 12.1 Å². The van der Waals surface area contributed by atoms with E-state index in [0.717, 1.165) is 39.3 Å². The molecule has 0 radical (unpaired) electrons. The van der Waals surface area contributed by atoms with E-state index in [9.17, 15) is 14.4 Å². The Bertz CT molecular complexity index is 1580. The van der Waals surface area contributed by atoms with Gasteiger partial charge in [-0.25, -0.2) is 4.39 Å². The minimum Gasteiger partial charge on any atom is -0.489 e. The molecule has 1 atom stereocenters. The number of ether oxygens (including phenoxy) is 1. The number of nitriles is 1. The highest BCUT2D eigenvalue weighted by Crippen LogP contribution is 2.47. The Labute approximate surface area is 233 Å². The van der Waals surface area contributed by atoms with Crippen molar-refractivity contribution in [2.24, 2.45) is 5.73 Å². The largest absolute Gasteiger partial charge is 0.489 e. The predicted molar refractivity (Wildman–Crippen MR) is 151 cm³/mol. The fourth-order valence-electron chi connectivity index (χ4n) is 5.60. The van der Waals surface area contributed by atoms with Gasteiger partial charge in [0, 0.05) is 28.4 Å². The molecule has 3 aromatic carbocycles. The maximum Gasteiger partial charge on any atom is 0.161 e. The Morgan fingerprint density at radius 2 is 1.79 bits per heavy atom. The van der Waals surface area contributed by atoms with Gasteiger partial charge in [0.15, 0.2) is 5.78 Å². The third-order valence-corrected chi connectivity index (χ3v) is 7.79. The van der Waals surface area contributed by atoms with Crippen LogP contribution in [0.25, 0.3) is 0 Å². The van der Waals surface area contributed by atoms with E-state index in [1.165, 1.54) is 12.1 Å². The zero-order valence-corrected chi connectivity index (χ0v) is 22.9. The van der Waals surface area contributed by atoms with Crippen LogP contribution in [-0.4, -0.2) is 5.78 Å². The summed E-state index contributed by atoms with van der Waals surface area (Å²) >= 11 is 6.10. The maximum atomic E-state index is 13.7. The minimum atomic E-state index is -0.592. The van der Waals surface area contributed by atoms with Crippen LogP contribution >= 0.6 is 11.6 Å². The summed E-state index contributed by atoms with van der Waals surface area (Å²) in [5.74, 6) is 0.0405. The van der Waals surface area contributed by atoms with E-state index in [1.807, 2.05) is 39.0 Å². The van der Waals surface area contributed by atoms with E-state index in [-0.39, 0.29) is 17.4 Å². The first-order valence-corrected chi connectivity index (χ1v) is 13.3. The summed E-state index contributed by atoms with van der Waals surface area (Å²) < 4.78 is 19.9. The molecular formula is C32H29ClFN3O2. The van der Waals surface area contributed by atoms with Crippen molar-refractivity contribution in [3.63, 3.8) is 0 Å². The topological polar surface area (TPSA) is 79.4 Å². The Hall–Kier alpha value is -4.08. The number of Topliss-reactive ketones (excluding diaryl/α,β-unsaturated/α-hetero) is 1. The first-order chi connectivity index (χ1) is 18.7. The Morgan fingerprint density at radius 3 is 2.49 bits per heavy atom. The van der Waals surface area contributed by atoms with Gasteiger partial charge in [-0.15, -0.1) is 0 Å². The van der Waals surface area contributed by atoms with Gasteiger partial charge in [0.25, 0.3) is 0 Å². The van der Waals surface area contributed by atoms with Crippen molar-refractivity contribution >= 4 is 23.1 Å². The molecule has 0 amide bonds. The maximum absolute atomic E-state index is 13.7. The molecule has 0 bridgehead atoms. The summed E-state index contributed by atoms with van der Waals surface area (Å²) in [6, 6.07) is 17.8. The van der Waals surface area contributed by atoms with E-state index < -0.39 is 5.92 Å². The third kappa shape index (κ3) is 4.91. The van der Waals surface area contributed by atoms with Crippen molar-refractivity contribution in [1.29, 1.82) is 5.26 Å². The van der Waals surface area contributed by atoms with Gasteiger partial charge < -0.3 is 10.5 Å². The van der Waals surface area contributed by atoms with E-state index in [4.69, 9.17) is 22.1 Å². The van der Waals surface area contributed by atoms with Gasteiger partial charge in [0.2, 0.25) is 0 Å². The van der Waals surface area contributed by atoms with E-state index in [0.29, 0.717) is 47.7 Å². The third-order valence-electron chi connectivity index (χ3n) is 7.55. The fourth-order valence-corrected chi connectivity index (χ4v) is 5.82. The second kappa shape index (κ2) is 10.6. The molecule has 1 aliphatic heterocycles. The number of allylic oxidation sites excluding steroid dienone is 3. The van der Waals surface area contributed by atoms with Gasteiger partial charge in [-0.05, 0) is 104 Å². The molecule has 3 aromatic rings. The summed E-state index contributed by atoms with van der Waals surface area (Å²) in [5.41, 5.74) is 13.7. The van der Waals surface area contributed by atoms with Crippen LogP contribution in [0.4, 0.5) is 10.1 Å². The summed E-state index contributed by atoms with van der Waals surface area (Å²) in [4.78, 5) is 15.2. The Balaban J connectivity index is 1.61. The first-order valence-electron chi connectivity index (χ1n) is 12.9. The van der Waals surface area contributed by atoms with Crippen LogP contribution in [0, 0.1) is 37.9 Å². The molecule has 0 fully saturated rings. The van der Waals surface area contributed by atoms with Crippen LogP contribution in [0.5, 0.6) is 5.75 Å². The molecule has 0 aromatic heterocycles. The van der Waals surface area contributed by atoms with E-state index >= 15 is 0 Å².